The largest absolute Gasteiger partial charge is 0.0839 e. The van der Waals surface area contributed by atoms with Crippen molar-refractivity contribution in [2.24, 2.45) is 34.5 Å². The third-order valence-corrected chi connectivity index (χ3v) is 8.34. The fourth-order valence-electron chi connectivity index (χ4n) is 6.90. The van der Waals surface area contributed by atoms with Gasteiger partial charge < -0.3 is 0 Å². The summed E-state index contributed by atoms with van der Waals surface area (Å²) in [7, 11) is 0. The second kappa shape index (κ2) is 4.37. The van der Waals surface area contributed by atoms with E-state index in [-0.39, 0.29) is 0 Å². The molecule has 6 unspecified atom stereocenters. The number of hydrogen-bond donors (Lipinski definition) is 0. The number of allylic oxidation sites excluding steroid dienone is 2. The van der Waals surface area contributed by atoms with Crippen LogP contribution in [-0.2, 0) is 0 Å². The summed E-state index contributed by atoms with van der Waals surface area (Å²) in [5.41, 5.74) is 3.20. The fraction of sp³-hybridized carbons (Fsp3) is 0.900. The van der Waals surface area contributed by atoms with Crippen LogP contribution in [0, 0.1) is 34.5 Å². The first kappa shape index (κ1) is 13.4. The third-order valence-electron chi connectivity index (χ3n) is 8.34. The second-order valence-electron chi connectivity index (χ2n) is 8.86. The molecular formula is C20H32. The van der Waals surface area contributed by atoms with Crippen LogP contribution in [0.25, 0.3) is 0 Å². The highest BCUT2D eigenvalue weighted by atomic mass is 14.6. The van der Waals surface area contributed by atoms with Gasteiger partial charge in [0, 0.05) is 0 Å². The molecule has 0 aliphatic heterocycles. The van der Waals surface area contributed by atoms with Crippen LogP contribution in [0.15, 0.2) is 11.6 Å². The summed E-state index contributed by atoms with van der Waals surface area (Å²) in [5.74, 6) is 4.04. The molecule has 0 saturated heterocycles. The van der Waals surface area contributed by atoms with E-state index in [0.717, 1.165) is 23.7 Å². The lowest BCUT2D eigenvalue weighted by Gasteiger charge is -2.64. The van der Waals surface area contributed by atoms with E-state index in [2.05, 4.69) is 26.8 Å². The molecular weight excluding hydrogens is 240 g/mol. The molecule has 0 amide bonds. The first-order valence-electron chi connectivity index (χ1n) is 9.30. The highest BCUT2D eigenvalue weighted by Gasteiger charge is 2.58. The van der Waals surface area contributed by atoms with E-state index >= 15 is 0 Å². The summed E-state index contributed by atoms with van der Waals surface area (Å²) in [6, 6.07) is 0. The van der Waals surface area contributed by atoms with Crippen LogP contribution < -0.4 is 0 Å². The smallest absolute Gasteiger partial charge is 0.00853 e. The van der Waals surface area contributed by atoms with Crippen molar-refractivity contribution in [2.45, 2.75) is 78.6 Å². The molecule has 0 aromatic carbocycles. The van der Waals surface area contributed by atoms with Gasteiger partial charge >= 0.3 is 0 Å². The van der Waals surface area contributed by atoms with E-state index in [1.807, 2.05) is 5.57 Å². The van der Waals surface area contributed by atoms with E-state index < -0.39 is 0 Å². The van der Waals surface area contributed by atoms with Gasteiger partial charge in [-0.15, -0.1) is 0 Å². The van der Waals surface area contributed by atoms with E-state index in [9.17, 15) is 0 Å². The molecule has 0 N–H and O–H groups in total. The topological polar surface area (TPSA) is 0 Å². The van der Waals surface area contributed by atoms with Crippen molar-refractivity contribution >= 4 is 0 Å². The summed E-state index contributed by atoms with van der Waals surface area (Å²) in [6.07, 6.45) is 16.1. The number of fused-ring (bicyclic) bond motifs is 5. The van der Waals surface area contributed by atoms with Gasteiger partial charge in [0.1, 0.15) is 0 Å². The molecule has 20 heavy (non-hydrogen) atoms. The summed E-state index contributed by atoms with van der Waals surface area (Å²) in [6.45, 7) is 7.65. The van der Waals surface area contributed by atoms with Gasteiger partial charge in [-0.1, -0.05) is 51.7 Å². The normalized spacial score (nSPS) is 54.0. The van der Waals surface area contributed by atoms with E-state index in [1.165, 1.54) is 57.8 Å². The molecule has 0 heterocycles. The zero-order valence-electron chi connectivity index (χ0n) is 13.8. The molecule has 0 aromatic heterocycles. The van der Waals surface area contributed by atoms with Gasteiger partial charge in [0.2, 0.25) is 0 Å². The van der Waals surface area contributed by atoms with Crippen LogP contribution in [0.3, 0.4) is 0 Å². The van der Waals surface area contributed by atoms with Gasteiger partial charge in [0.05, 0.1) is 0 Å². The monoisotopic (exact) mass is 272 g/mol. The standard InChI is InChI=1S/C20H32/c1-4-14-13-18-16-9-8-15-7-5-6-11-19(15,2)17(16)10-12-20(14,18)3/h10,14-16,18H,4-9,11-13H2,1-3H3. The van der Waals surface area contributed by atoms with E-state index in [1.54, 1.807) is 0 Å². The molecule has 112 valence electrons. The maximum absolute atomic E-state index is 2.75. The van der Waals surface area contributed by atoms with Crippen LogP contribution >= 0.6 is 0 Å². The first-order valence-corrected chi connectivity index (χ1v) is 9.30. The molecule has 4 aliphatic carbocycles. The molecule has 0 nitrogen and oxygen atoms in total. The van der Waals surface area contributed by atoms with Crippen molar-refractivity contribution in [1.82, 2.24) is 0 Å². The minimum absolute atomic E-state index is 0.597. The first-order chi connectivity index (χ1) is 9.59. The van der Waals surface area contributed by atoms with E-state index in [0.29, 0.717) is 10.8 Å². The quantitative estimate of drug-likeness (QED) is 0.515. The third kappa shape index (κ3) is 1.54. The Bertz CT molecular complexity index is 433. The van der Waals surface area contributed by atoms with Crippen molar-refractivity contribution in [3.63, 3.8) is 0 Å². The molecule has 0 heteroatoms. The van der Waals surface area contributed by atoms with Crippen molar-refractivity contribution < 1.29 is 0 Å². The average molecular weight is 272 g/mol. The summed E-state index contributed by atoms with van der Waals surface area (Å²) < 4.78 is 0. The predicted octanol–water partition coefficient (Wildman–Crippen LogP) is 5.98. The molecule has 3 fully saturated rings. The lowest BCUT2D eigenvalue weighted by atomic mass is 9.41. The Kier molecular flexibility index (Phi) is 2.93. The van der Waals surface area contributed by atoms with Gasteiger partial charge in [-0.2, -0.15) is 0 Å². The number of hydrogen-bond acceptors (Lipinski definition) is 0. The maximum Gasteiger partial charge on any atom is -0.00853 e. The van der Waals surface area contributed by atoms with Crippen LogP contribution in [-0.4, -0.2) is 0 Å². The zero-order chi connectivity index (χ0) is 14.0. The summed E-state index contributed by atoms with van der Waals surface area (Å²) >= 11 is 0. The minimum Gasteiger partial charge on any atom is -0.0839 e. The average Bonchev–Trinajstić information content (AvgIpc) is 2.43. The van der Waals surface area contributed by atoms with Crippen molar-refractivity contribution in [1.29, 1.82) is 0 Å². The summed E-state index contributed by atoms with van der Waals surface area (Å²) in [5, 5.41) is 0. The Morgan fingerprint density at radius 1 is 1.15 bits per heavy atom. The molecule has 0 radical (unpaired) electrons. The molecule has 0 aromatic rings. The highest BCUT2D eigenvalue weighted by molar-refractivity contribution is 5.29. The van der Waals surface area contributed by atoms with Gasteiger partial charge in [0.15, 0.2) is 0 Å². The van der Waals surface area contributed by atoms with Crippen molar-refractivity contribution in [3.8, 4) is 0 Å². The molecule has 4 aliphatic rings. The molecule has 4 rings (SSSR count). The van der Waals surface area contributed by atoms with Gasteiger partial charge in [-0.3, -0.25) is 0 Å². The lowest BCUT2D eigenvalue weighted by molar-refractivity contribution is -0.0929. The van der Waals surface area contributed by atoms with Crippen LogP contribution in [0.5, 0.6) is 0 Å². The Morgan fingerprint density at radius 2 is 2.00 bits per heavy atom. The maximum atomic E-state index is 2.75. The molecule has 0 spiro atoms. The molecule has 0 bridgehead atoms. The molecule has 6 atom stereocenters. The minimum atomic E-state index is 0.597. The Morgan fingerprint density at radius 3 is 2.80 bits per heavy atom. The van der Waals surface area contributed by atoms with Crippen LogP contribution in [0.2, 0.25) is 0 Å². The lowest BCUT2D eigenvalue weighted by Crippen LogP contribution is -2.55. The SMILES string of the molecule is CCC1CC2C3CCC4CCCCC4(C)C3=CCC12C. The Balaban J connectivity index is 1.67. The fourth-order valence-corrected chi connectivity index (χ4v) is 6.90. The van der Waals surface area contributed by atoms with Crippen LogP contribution in [0.4, 0.5) is 0 Å². The second-order valence-corrected chi connectivity index (χ2v) is 8.86. The van der Waals surface area contributed by atoms with Crippen molar-refractivity contribution in [2.75, 3.05) is 0 Å². The van der Waals surface area contributed by atoms with Gasteiger partial charge in [0.25, 0.3) is 0 Å². The Labute approximate surface area is 125 Å². The summed E-state index contributed by atoms with van der Waals surface area (Å²) in [4.78, 5) is 0. The van der Waals surface area contributed by atoms with Gasteiger partial charge in [-0.25, -0.2) is 0 Å². The number of rotatable bonds is 1. The zero-order valence-corrected chi connectivity index (χ0v) is 13.8. The molecule has 3 saturated carbocycles. The van der Waals surface area contributed by atoms with Crippen molar-refractivity contribution in [3.05, 3.63) is 11.6 Å². The Hall–Kier alpha value is -0.260. The van der Waals surface area contributed by atoms with Gasteiger partial charge in [-0.05, 0) is 73.0 Å². The highest BCUT2D eigenvalue weighted by Crippen LogP contribution is 2.68. The van der Waals surface area contributed by atoms with Crippen LogP contribution in [0.1, 0.15) is 78.6 Å². The van der Waals surface area contributed by atoms with E-state index in [4.69, 9.17) is 0 Å². The predicted molar refractivity (Wildman–Crippen MR) is 85.5 cm³/mol.